The third-order valence-corrected chi connectivity index (χ3v) is 5.52. The number of nitrogens with one attached hydrogen (secondary N) is 1. The van der Waals surface area contributed by atoms with Gasteiger partial charge in [-0.15, -0.1) is 11.3 Å². The number of nitrogens with zero attached hydrogens (tertiary/aromatic N) is 1. The molecular formula is C15H26N2S. The van der Waals surface area contributed by atoms with Crippen LogP contribution in [-0.4, -0.2) is 11.0 Å². The van der Waals surface area contributed by atoms with E-state index in [1.54, 1.807) is 0 Å². The summed E-state index contributed by atoms with van der Waals surface area (Å²) in [6, 6.07) is 0.515. The predicted molar refractivity (Wildman–Crippen MR) is 79.2 cm³/mol. The summed E-state index contributed by atoms with van der Waals surface area (Å²) in [5, 5.41) is 5.19. The van der Waals surface area contributed by atoms with Crippen molar-refractivity contribution in [2.24, 2.45) is 5.92 Å². The molecule has 1 N–H and O–H groups in total. The van der Waals surface area contributed by atoms with Crippen LogP contribution >= 0.6 is 11.3 Å². The van der Waals surface area contributed by atoms with Crippen LogP contribution < -0.4 is 5.32 Å². The van der Waals surface area contributed by atoms with Gasteiger partial charge in [-0.05, 0) is 46.5 Å². The molecule has 3 heteroatoms. The zero-order valence-corrected chi connectivity index (χ0v) is 13.2. The van der Waals surface area contributed by atoms with Crippen LogP contribution in [0.5, 0.6) is 0 Å². The van der Waals surface area contributed by atoms with E-state index in [1.807, 2.05) is 11.3 Å². The molecule has 1 aliphatic rings. The Labute approximate surface area is 115 Å². The Hall–Kier alpha value is -0.410. The number of thiazole rings is 1. The van der Waals surface area contributed by atoms with E-state index in [1.165, 1.54) is 41.3 Å². The maximum Gasteiger partial charge on any atom is 0.114 e. The molecule has 2 atom stereocenters. The highest BCUT2D eigenvalue weighted by molar-refractivity contribution is 7.11. The molecule has 18 heavy (non-hydrogen) atoms. The lowest BCUT2D eigenvalue weighted by molar-refractivity contribution is 0.221. The van der Waals surface area contributed by atoms with Gasteiger partial charge in [-0.1, -0.05) is 19.8 Å². The van der Waals surface area contributed by atoms with E-state index in [0.717, 1.165) is 5.92 Å². The third kappa shape index (κ3) is 2.35. The van der Waals surface area contributed by atoms with Gasteiger partial charge in [0.05, 0.1) is 11.2 Å². The first-order valence-corrected chi connectivity index (χ1v) is 8.03. The second-order valence-corrected chi connectivity index (χ2v) is 7.13. The average molecular weight is 266 g/mol. The molecule has 1 saturated carbocycles. The van der Waals surface area contributed by atoms with E-state index in [4.69, 9.17) is 4.98 Å². The van der Waals surface area contributed by atoms with Crippen LogP contribution in [0.15, 0.2) is 0 Å². The molecule has 2 unspecified atom stereocenters. The molecule has 0 bridgehead atoms. The lowest BCUT2D eigenvalue weighted by Gasteiger charge is -2.36. The Bertz CT molecular complexity index is 391. The molecule has 2 rings (SSSR count). The largest absolute Gasteiger partial charge is 0.303 e. The molecule has 1 fully saturated rings. The highest BCUT2D eigenvalue weighted by Gasteiger charge is 2.45. The lowest BCUT2D eigenvalue weighted by atomic mass is 9.85. The van der Waals surface area contributed by atoms with Crippen LogP contribution in [0.3, 0.4) is 0 Å². The minimum atomic E-state index is 0.145. The molecule has 1 heterocycles. The molecule has 2 nitrogen and oxygen atoms in total. The fraction of sp³-hybridized carbons (Fsp3) is 0.800. The first-order valence-electron chi connectivity index (χ1n) is 7.21. The van der Waals surface area contributed by atoms with Crippen LogP contribution in [0.2, 0.25) is 0 Å². The summed E-state index contributed by atoms with van der Waals surface area (Å²) < 4.78 is 0. The van der Waals surface area contributed by atoms with Crippen LogP contribution in [0, 0.1) is 19.8 Å². The van der Waals surface area contributed by atoms with E-state index >= 15 is 0 Å². The van der Waals surface area contributed by atoms with Gasteiger partial charge < -0.3 is 5.32 Å². The summed E-state index contributed by atoms with van der Waals surface area (Å²) in [4.78, 5) is 6.24. The Kier molecular flexibility index (Phi) is 4.12. The predicted octanol–water partition coefficient (Wildman–Crippen LogP) is 4.16. The standard InChI is InChI=1S/C15H26N2S/c1-6-13-8-7-9-15(13,17-10(2)3)14-16-11(4)12(5)18-14/h10,13,17H,6-9H2,1-5H3. The monoisotopic (exact) mass is 266 g/mol. The van der Waals surface area contributed by atoms with Crippen molar-refractivity contribution in [1.82, 2.24) is 10.3 Å². The van der Waals surface area contributed by atoms with Gasteiger partial charge in [0, 0.05) is 10.9 Å². The van der Waals surface area contributed by atoms with Crippen LogP contribution in [-0.2, 0) is 5.54 Å². The second kappa shape index (κ2) is 5.30. The summed E-state index contributed by atoms with van der Waals surface area (Å²) >= 11 is 1.90. The minimum absolute atomic E-state index is 0.145. The number of aromatic nitrogens is 1. The van der Waals surface area contributed by atoms with Gasteiger partial charge in [0.25, 0.3) is 0 Å². The number of hydrogen-bond donors (Lipinski definition) is 1. The number of rotatable bonds is 4. The van der Waals surface area contributed by atoms with Crippen molar-refractivity contribution in [2.75, 3.05) is 0 Å². The van der Waals surface area contributed by atoms with E-state index in [0.29, 0.717) is 6.04 Å². The summed E-state index contributed by atoms with van der Waals surface area (Å²) in [7, 11) is 0. The normalized spacial score (nSPS) is 28.2. The van der Waals surface area contributed by atoms with Gasteiger partial charge in [-0.25, -0.2) is 4.98 Å². The van der Waals surface area contributed by atoms with Crippen LogP contribution in [0.25, 0.3) is 0 Å². The fourth-order valence-corrected chi connectivity index (χ4v) is 4.52. The van der Waals surface area contributed by atoms with Gasteiger partial charge in [-0.2, -0.15) is 0 Å². The topological polar surface area (TPSA) is 24.9 Å². The first-order chi connectivity index (χ1) is 8.49. The van der Waals surface area contributed by atoms with E-state index in [2.05, 4.69) is 39.9 Å². The fourth-order valence-electron chi connectivity index (χ4n) is 3.34. The average Bonchev–Trinajstić information content (AvgIpc) is 2.84. The molecule has 0 aliphatic heterocycles. The summed E-state index contributed by atoms with van der Waals surface area (Å²) in [6.45, 7) is 11.1. The van der Waals surface area contributed by atoms with Crippen molar-refractivity contribution in [3.05, 3.63) is 15.6 Å². The van der Waals surface area contributed by atoms with Gasteiger partial charge in [0.2, 0.25) is 0 Å². The van der Waals surface area contributed by atoms with Crippen molar-refractivity contribution in [2.45, 2.75) is 71.9 Å². The van der Waals surface area contributed by atoms with Crippen molar-refractivity contribution < 1.29 is 0 Å². The molecule has 0 amide bonds. The van der Waals surface area contributed by atoms with E-state index < -0.39 is 0 Å². The van der Waals surface area contributed by atoms with E-state index in [9.17, 15) is 0 Å². The quantitative estimate of drug-likeness (QED) is 0.885. The summed E-state index contributed by atoms with van der Waals surface area (Å²) in [6.07, 6.45) is 5.16. The van der Waals surface area contributed by atoms with Crippen molar-refractivity contribution in [1.29, 1.82) is 0 Å². The van der Waals surface area contributed by atoms with E-state index in [-0.39, 0.29) is 5.54 Å². The molecular weight excluding hydrogens is 240 g/mol. The maximum atomic E-state index is 4.87. The Morgan fingerprint density at radius 3 is 2.67 bits per heavy atom. The highest BCUT2D eigenvalue weighted by Crippen LogP contribution is 2.47. The molecule has 1 aromatic heterocycles. The number of aryl methyl sites for hydroxylation is 2. The Morgan fingerprint density at radius 1 is 1.44 bits per heavy atom. The zero-order chi connectivity index (χ0) is 13.3. The van der Waals surface area contributed by atoms with Crippen LogP contribution in [0.4, 0.5) is 0 Å². The summed E-state index contributed by atoms with van der Waals surface area (Å²) in [5.41, 5.74) is 1.36. The minimum Gasteiger partial charge on any atom is -0.303 e. The van der Waals surface area contributed by atoms with Gasteiger partial charge in [0.1, 0.15) is 5.01 Å². The molecule has 0 spiro atoms. The van der Waals surface area contributed by atoms with Gasteiger partial charge in [-0.3, -0.25) is 0 Å². The molecule has 1 aliphatic carbocycles. The second-order valence-electron chi connectivity index (χ2n) is 5.93. The van der Waals surface area contributed by atoms with Crippen LogP contribution in [0.1, 0.15) is 62.0 Å². The molecule has 1 aromatic rings. The third-order valence-electron chi connectivity index (χ3n) is 4.27. The molecule has 0 radical (unpaired) electrons. The summed E-state index contributed by atoms with van der Waals surface area (Å²) in [5.74, 6) is 0.741. The smallest absolute Gasteiger partial charge is 0.114 e. The number of hydrogen-bond acceptors (Lipinski definition) is 3. The SMILES string of the molecule is CCC1CCCC1(NC(C)C)c1nc(C)c(C)s1. The lowest BCUT2D eigenvalue weighted by Crippen LogP contribution is -2.48. The first kappa shape index (κ1) is 14.0. The van der Waals surface area contributed by atoms with Gasteiger partial charge >= 0.3 is 0 Å². The zero-order valence-electron chi connectivity index (χ0n) is 12.3. The van der Waals surface area contributed by atoms with Crippen molar-refractivity contribution in [3.63, 3.8) is 0 Å². The van der Waals surface area contributed by atoms with Gasteiger partial charge in [0.15, 0.2) is 0 Å². The Balaban J connectivity index is 2.41. The molecule has 0 saturated heterocycles. The maximum absolute atomic E-state index is 4.87. The van der Waals surface area contributed by atoms with Crippen molar-refractivity contribution in [3.8, 4) is 0 Å². The molecule has 0 aromatic carbocycles. The highest BCUT2D eigenvalue weighted by atomic mass is 32.1. The molecule has 102 valence electrons. The Morgan fingerprint density at radius 2 is 2.17 bits per heavy atom. The van der Waals surface area contributed by atoms with Crippen molar-refractivity contribution >= 4 is 11.3 Å².